The second-order valence-corrected chi connectivity index (χ2v) is 5.19. The molecular formula is C20H18O4. The fourth-order valence-electron chi connectivity index (χ4n) is 2.52. The van der Waals surface area contributed by atoms with Crippen LogP contribution in [0.15, 0.2) is 66.4 Å². The lowest BCUT2D eigenvalue weighted by molar-refractivity contribution is -0.138. The van der Waals surface area contributed by atoms with Gasteiger partial charge in [0.15, 0.2) is 0 Å². The van der Waals surface area contributed by atoms with Crippen LogP contribution in [0.25, 0.3) is 5.57 Å². The molecule has 1 aliphatic heterocycles. The van der Waals surface area contributed by atoms with E-state index in [0.29, 0.717) is 17.9 Å². The highest BCUT2D eigenvalue weighted by molar-refractivity contribution is 5.97. The summed E-state index contributed by atoms with van der Waals surface area (Å²) >= 11 is 0. The third-order valence-corrected chi connectivity index (χ3v) is 3.70. The number of carbonyl (C=O) groups is 1. The summed E-state index contributed by atoms with van der Waals surface area (Å²) in [5.74, 6) is 1.06. The molecule has 2 aromatic carbocycles. The first-order chi connectivity index (χ1) is 11.7. The van der Waals surface area contributed by atoms with Gasteiger partial charge in [0.2, 0.25) is 0 Å². The molecule has 0 saturated heterocycles. The van der Waals surface area contributed by atoms with Crippen molar-refractivity contribution in [3.8, 4) is 11.5 Å². The van der Waals surface area contributed by atoms with Crippen molar-refractivity contribution in [2.45, 2.75) is 6.92 Å². The molecule has 24 heavy (non-hydrogen) atoms. The lowest BCUT2D eigenvalue weighted by Gasteiger charge is -2.11. The maximum absolute atomic E-state index is 12.1. The van der Waals surface area contributed by atoms with Crippen molar-refractivity contribution < 1.29 is 19.0 Å². The summed E-state index contributed by atoms with van der Waals surface area (Å²) in [7, 11) is 1.63. The maximum atomic E-state index is 12.1. The zero-order valence-corrected chi connectivity index (χ0v) is 13.6. The van der Waals surface area contributed by atoms with Crippen molar-refractivity contribution in [1.29, 1.82) is 0 Å². The molecule has 4 heteroatoms. The zero-order valence-electron chi connectivity index (χ0n) is 13.6. The molecule has 122 valence electrons. The van der Waals surface area contributed by atoms with E-state index in [1.54, 1.807) is 20.1 Å². The number of carbonyl (C=O) groups excluding carboxylic acids is 1. The van der Waals surface area contributed by atoms with E-state index in [9.17, 15) is 4.79 Å². The Labute approximate surface area is 141 Å². The average molecular weight is 322 g/mol. The average Bonchev–Trinajstić information content (AvgIpc) is 2.82. The zero-order chi connectivity index (χ0) is 16.9. The first-order valence-electron chi connectivity index (χ1n) is 7.72. The lowest BCUT2D eigenvalue weighted by Crippen LogP contribution is -2.07. The summed E-state index contributed by atoms with van der Waals surface area (Å²) in [5.41, 5.74) is 3.14. The van der Waals surface area contributed by atoms with Gasteiger partial charge in [-0.15, -0.1) is 0 Å². The fraction of sp³-hybridized carbons (Fsp3) is 0.150. The molecule has 0 fully saturated rings. The molecule has 0 aliphatic carbocycles. The second-order valence-electron chi connectivity index (χ2n) is 5.19. The van der Waals surface area contributed by atoms with Gasteiger partial charge in [-0.2, -0.15) is 0 Å². The smallest absolute Gasteiger partial charge is 0.341 e. The summed E-state index contributed by atoms with van der Waals surface area (Å²) in [6.07, 6.45) is 3.24. The molecule has 0 N–H and O–H groups in total. The molecule has 2 aromatic rings. The minimum Gasteiger partial charge on any atom is -0.497 e. The Morgan fingerprint density at radius 1 is 1.08 bits per heavy atom. The van der Waals surface area contributed by atoms with Crippen LogP contribution in [0.3, 0.4) is 0 Å². The molecule has 0 amide bonds. The SMILES string of the molecule is CCOC(=O)C1=COc2ccccc2C(c2ccc(OC)cc2)=C1. The van der Waals surface area contributed by atoms with E-state index in [4.69, 9.17) is 14.2 Å². The number of para-hydroxylation sites is 1. The van der Waals surface area contributed by atoms with Crippen molar-refractivity contribution in [3.63, 3.8) is 0 Å². The van der Waals surface area contributed by atoms with Gasteiger partial charge in [-0.1, -0.05) is 30.3 Å². The summed E-state index contributed by atoms with van der Waals surface area (Å²) < 4.78 is 16.0. The Morgan fingerprint density at radius 2 is 1.83 bits per heavy atom. The highest BCUT2D eigenvalue weighted by Crippen LogP contribution is 2.35. The minimum absolute atomic E-state index is 0.314. The van der Waals surface area contributed by atoms with E-state index < -0.39 is 5.97 Å². The van der Waals surface area contributed by atoms with Gasteiger partial charge in [0.25, 0.3) is 0 Å². The molecule has 0 bridgehead atoms. The molecule has 1 heterocycles. The predicted octanol–water partition coefficient (Wildman–Crippen LogP) is 3.97. The van der Waals surface area contributed by atoms with Crippen LogP contribution >= 0.6 is 0 Å². The topological polar surface area (TPSA) is 44.8 Å². The number of esters is 1. The van der Waals surface area contributed by atoms with Crippen LogP contribution in [-0.2, 0) is 9.53 Å². The van der Waals surface area contributed by atoms with Crippen molar-refractivity contribution in [1.82, 2.24) is 0 Å². The van der Waals surface area contributed by atoms with Crippen LogP contribution in [0.2, 0.25) is 0 Å². The van der Waals surface area contributed by atoms with Crippen molar-refractivity contribution in [2.24, 2.45) is 0 Å². The predicted molar refractivity (Wildman–Crippen MR) is 91.9 cm³/mol. The van der Waals surface area contributed by atoms with E-state index in [1.165, 1.54) is 6.26 Å². The van der Waals surface area contributed by atoms with Gasteiger partial charge < -0.3 is 14.2 Å². The van der Waals surface area contributed by atoms with Crippen molar-refractivity contribution >= 4 is 11.5 Å². The Balaban J connectivity index is 2.10. The van der Waals surface area contributed by atoms with Gasteiger partial charge in [0, 0.05) is 5.56 Å². The Morgan fingerprint density at radius 3 is 2.54 bits per heavy atom. The van der Waals surface area contributed by atoms with Crippen LogP contribution in [0.1, 0.15) is 18.1 Å². The Kier molecular flexibility index (Phi) is 4.66. The molecule has 0 spiro atoms. The molecule has 0 saturated carbocycles. The molecule has 4 nitrogen and oxygen atoms in total. The molecular weight excluding hydrogens is 304 g/mol. The largest absolute Gasteiger partial charge is 0.497 e. The highest BCUT2D eigenvalue weighted by Gasteiger charge is 2.18. The monoisotopic (exact) mass is 322 g/mol. The summed E-state index contributed by atoms with van der Waals surface area (Å²) in [5, 5.41) is 0. The number of methoxy groups -OCH3 is 1. The minimum atomic E-state index is -0.406. The van der Waals surface area contributed by atoms with Gasteiger partial charge >= 0.3 is 5.97 Å². The molecule has 0 radical (unpaired) electrons. The molecule has 3 rings (SSSR count). The normalized spacial score (nSPS) is 12.9. The van der Waals surface area contributed by atoms with Crippen LogP contribution in [0, 0.1) is 0 Å². The number of hydrogen-bond donors (Lipinski definition) is 0. The quantitative estimate of drug-likeness (QED) is 0.799. The number of rotatable bonds is 4. The standard InChI is InChI=1S/C20H18O4/c1-3-23-20(21)15-12-18(14-8-10-16(22-2)11-9-14)17-6-4-5-7-19(17)24-13-15/h4-13H,3H2,1-2H3. The van der Waals surface area contributed by atoms with E-state index in [0.717, 1.165) is 22.4 Å². The van der Waals surface area contributed by atoms with E-state index in [1.807, 2.05) is 48.5 Å². The van der Waals surface area contributed by atoms with Gasteiger partial charge in [0.05, 0.1) is 19.3 Å². The third kappa shape index (κ3) is 3.18. The van der Waals surface area contributed by atoms with E-state index in [2.05, 4.69) is 0 Å². The highest BCUT2D eigenvalue weighted by atomic mass is 16.5. The van der Waals surface area contributed by atoms with E-state index >= 15 is 0 Å². The second kappa shape index (κ2) is 7.04. The maximum Gasteiger partial charge on any atom is 0.341 e. The lowest BCUT2D eigenvalue weighted by atomic mass is 9.95. The van der Waals surface area contributed by atoms with Gasteiger partial charge in [-0.25, -0.2) is 4.79 Å². The van der Waals surface area contributed by atoms with Gasteiger partial charge in [-0.3, -0.25) is 0 Å². The summed E-state index contributed by atoms with van der Waals surface area (Å²) in [6, 6.07) is 15.4. The number of benzene rings is 2. The van der Waals surface area contributed by atoms with Gasteiger partial charge in [0.1, 0.15) is 17.8 Å². The van der Waals surface area contributed by atoms with E-state index in [-0.39, 0.29) is 0 Å². The van der Waals surface area contributed by atoms with Crippen molar-refractivity contribution in [2.75, 3.05) is 13.7 Å². The molecule has 0 aromatic heterocycles. The molecule has 0 atom stereocenters. The van der Waals surface area contributed by atoms with Crippen LogP contribution in [-0.4, -0.2) is 19.7 Å². The third-order valence-electron chi connectivity index (χ3n) is 3.70. The first kappa shape index (κ1) is 15.9. The first-order valence-corrected chi connectivity index (χ1v) is 7.72. The van der Waals surface area contributed by atoms with Crippen LogP contribution in [0.4, 0.5) is 0 Å². The molecule has 0 unspecified atom stereocenters. The number of hydrogen-bond acceptors (Lipinski definition) is 4. The fourth-order valence-corrected chi connectivity index (χ4v) is 2.52. The Hall–Kier alpha value is -3.01. The van der Waals surface area contributed by atoms with Gasteiger partial charge in [-0.05, 0) is 42.3 Å². The van der Waals surface area contributed by atoms with Crippen LogP contribution < -0.4 is 9.47 Å². The Bertz CT molecular complexity index is 801. The molecule has 1 aliphatic rings. The summed E-state index contributed by atoms with van der Waals surface area (Å²) in [4.78, 5) is 12.1. The number of ether oxygens (including phenoxy) is 3. The van der Waals surface area contributed by atoms with Crippen LogP contribution in [0.5, 0.6) is 11.5 Å². The van der Waals surface area contributed by atoms with Crippen molar-refractivity contribution in [3.05, 3.63) is 77.6 Å². The summed E-state index contributed by atoms with van der Waals surface area (Å²) in [6.45, 7) is 2.09. The number of fused-ring (bicyclic) bond motifs is 1.